The zero-order chi connectivity index (χ0) is 6.69. The molecule has 2 nitrogen and oxygen atoms in total. The fourth-order valence-electron chi connectivity index (χ4n) is 1.39. The Hall–Kier alpha value is -0.400. The minimum absolute atomic E-state index is 0.473. The lowest BCUT2D eigenvalue weighted by Crippen LogP contribution is -2.30. The Labute approximate surface area is 56.2 Å². The van der Waals surface area contributed by atoms with Crippen LogP contribution in [0.25, 0.3) is 0 Å². The van der Waals surface area contributed by atoms with Gasteiger partial charge in [-0.2, -0.15) is 5.53 Å². The molecule has 1 aliphatic carbocycles. The highest BCUT2D eigenvalue weighted by atomic mass is 15.0. The molecule has 0 atom stereocenters. The van der Waals surface area contributed by atoms with Gasteiger partial charge in [0.2, 0.25) is 0 Å². The lowest BCUT2D eigenvalue weighted by atomic mass is 9.88. The van der Waals surface area contributed by atoms with E-state index in [1.165, 1.54) is 25.7 Å². The van der Waals surface area contributed by atoms with Crippen LogP contribution in [0.3, 0.4) is 0 Å². The van der Waals surface area contributed by atoms with Crippen LogP contribution in [0.15, 0.2) is 5.11 Å². The quantitative estimate of drug-likeness (QED) is 0.505. The number of hydrogen-bond acceptors (Lipinski definition) is 1. The lowest BCUT2D eigenvalue weighted by Gasteiger charge is -2.19. The van der Waals surface area contributed by atoms with E-state index in [-0.39, 0.29) is 0 Å². The molecule has 52 valence electrons. The van der Waals surface area contributed by atoms with Crippen LogP contribution in [0.2, 0.25) is 0 Å². The minimum atomic E-state index is 0.473. The largest absolute Gasteiger partial charge is 0.157 e. The molecule has 0 amide bonds. The van der Waals surface area contributed by atoms with Crippen molar-refractivity contribution < 1.29 is 5.53 Å². The van der Waals surface area contributed by atoms with E-state index in [1.807, 2.05) is 0 Å². The van der Waals surface area contributed by atoms with Gasteiger partial charge in [0.15, 0.2) is 0 Å². The van der Waals surface area contributed by atoms with Gasteiger partial charge < -0.3 is 0 Å². The average molecular weight is 127 g/mol. The molecule has 9 heavy (non-hydrogen) atoms. The van der Waals surface area contributed by atoms with Gasteiger partial charge >= 0.3 is 0 Å². The Morgan fingerprint density at radius 1 is 1.22 bits per heavy atom. The third kappa shape index (κ3) is 1.77. The fraction of sp³-hybridized carbons (Fsp3) is 1.00. The van der Waals surface area contributed by atoms with E-state index < -0.39 is 0 Å². The number of nitrogens with two attached hydrogens (primary N) is 1. The van der Waals surface area contributed by atoms with Crippen LogP contribution in [0.5, 0.6) is 0 Å². The Morgan fingerprint density at radius 3 is 2.22 bits per heavy atom. The summed E-state index contributed by atoms with van der Waals surface area (Å²) in [4.78, 5) is 0. The third-order valence-corrected chi connectivity index (χ3v) is 2.20. The van der Waals surface area contributed by atoms with E-state index >= 15 is 0 Å². The van der Waals surface area contributed by atoms with Gasteiger partial charge in [-0.15, -0.1) is 0 Å². The Bertz CT molecular complexity index is 93.1. The monoisotopic (exact) mass is 127 g/mol. The van der Waals surface area contributed by atoms with E-state index in [0.29, 0.717) is 6.04 Å². The lowest BCUT2D eigenvalue weighted by molar-refractivity contribution is -0.230. The van der Waals surface area contributed by atoms with Crippen LogP contribution in [-0.4, -0.2) is 6.04 Å². The van der Waals surface area contributed by atoms with Crippen molar-refractivity contribution in [3.05, 3.63) is 0 Å². The molecule has 0 aromatic rings. The van der Waals surface area contributed by atoms with Crippen LogP contribution >= 0.6 is 0 Å². The first-order valence-electron chi connectivity index (χ1n) is 3.73. The highest BCUT2D eigenvalue weighted by Gasteiger charge is 2.18. The number of rotatable bonds is 1. The fourth-order valence-corrected chi connectivity index (χ4v) is 1.39. The van der Waals surface area contributed by atoms with Crippen molar-refractivity contribution in [3.8, 4) is 0 Å². The molecule has 0 saturated heterocycles. The first-order chi connectivity index (χ1) is 4.33. The normalized spacial score (nSPS) is 36.1. The molecule has 1 rings (SSSR count). The average Bonchev–Trinajstić information content (AvgIpc) is 1.90. The van der Waals surface area contributed by atoms with Crippen molar-refractivity contribution in [3.63, 3.8) is 0 Å². The summed E-state index contributed by atoms with van der Waals surface area (Å²) in [5.41, 5.74) is 5.17. The second kappa shape index (κ2) is 2.95. The van der Waals surface area contributed by atoms with E-state index in [4.69, 9.17) is 5.53 Å². The molecule has 1 saturated carbocycles. The van der Waals surface area contributed by atoms with Gasteiger partial charge in [-0.1, -0.05) is 6.92 Å². The summed E-state index contributed by atoms with van der Waals surface area (Å²) in [6.45, 7) is 2.30. The molecule has 0 radical (unpaired) electrons. The summed E-state index contributed by atoms with van der Waals surface area (Å²) in [5, 5.41) is 3.78. The molecule has 0 unspecified atom stereocenters. The molecule has 0 bridgehead atoms. The van der Waals surface area contributed by atoms with Crippen LogP contribution in [0, 0.1) is 5.92 Å². The summed E-state index contributed by atoms with van der Waals surface area (Å²) in [7, 11) is 0. The Morgan fingerprint density at radius 2 is 1.78 bits per heavy atom. The molecule has 0 aliphatic heterocycles. The molecule has 2 N–H and O–H groups in total. The predicted molar refractivity (Wildman–Crippen MR) is 35.8 cm³/mol. The molecular weight excluding hydrogens is 112 g/mol. The summed E-state index contributed by atoms with van der Waals surface area (Å²) in [6, 6.07) is 0.473. The first kappa shape index (κ1) is 6.72. The van der Waals surface area contributed by atoms with E-state index in [1.54, 1.807) is 0 Å². The maximum Gasteiger partial charge on any atom is 0.112 e. The van der Waals surface area contributed by atoms with Gasteiger partial charge in [0.05, 0.1) is 0 Å². The summed E-state index contributed by atoms with van der Waals surface area (Å²) >= 11 is 0. The molecule has 0 aromatic carbocycles. The van der Waals surface area contributed by atoms with Gasteiger partial charge in [0.1, 0.15) is 6.04 Å². The molecule has 0 spiro atoms. The van der Waals surface area contributed by atoms with Gasteiger partial charge in [-0.25, -0.2) is 0 Å². The van der Waals surface area contributed by atoms with Gasteiger partial charge in [-0.3, -0.25) is 0 Å². The van der Waals surface area contributed by atoms with Gasteiger partial charge in [0.25, 0.3) is 0 Å². The Kier molecular flexibility index (Phi) is 2.20. The summed E-state index contributed by atoms with van der Waals surface area (Å²) in [5.74, 6) is 0.906. The smallest absolute Gasteiger partial charge is 0.112 e. The molecule has 0 heterocycles. The highest BCUT2D eigenvalue weighted by molar-refractivity contribution is 4.72. The van der Waals surface area contributed by atoms with Crippen molar-refractivity contribution in [1.82, 2.24) is 0 Å². The highest BCUT2D eigenvalue weighted by Crippen LogP contribution is 2.24. The predicted octanol–water partition coefficient (Wildman–Crippen LogP) is 0.776. The molecule has 0 aromatic heterocycles. The molecule has 2 heteroatoms. The van der Waals surface area contributed by atoms with Crippen molar-refractivity contribution in [2.45, 2.75) is 38.6 Å². The van der Waals surface area contributed by atoms with E-state index in [9.17, 15) is 0 Å². The van der Waals surface area contributed by atoms with Crippen LogP contribution in [0.4, 0.5) is 0 Å². The second-order valence-electron chi connectivity index (χ2n) is 3.06. The summed E-state index contributed by atoms with van der Waals surface area (Å²) in [6.07, 6.45) is 5.03. The topological polar surface area (TPSA) is 38.0 Å². The van der Waals surface area contributed by atoms with Crippen LogP contribution < -0.4 is 5.53 Å². The molecule has 1 aliphatic rings. The number of nitrogens with zero attached hydrogens (tertiary/aromatic N) is 1. The van der Waals surface area contributed by atoms with Crippen molar-refractivity contribution >= 4 is 0 Å². The zero-order valence-electron chi connectivity index (χ0n) is 6.01. The first-order valence-corrected chi connectivity index (χ1v) is 3.73. The summed E-state index contributed by atoms with van der Waals surface area (Å²) < 4.78 is 0. The van der Waals surface area contributed by atoms with Crippen molar-refractivity contribution in [2.24, 2.45) is 11.0 Å². The van der Waals surface area contributed by atoms with Gasteiger partial charge in [-0.05, 0) is 36.7 Å². The maximum absolute atomic E-state index is 5.17. The molecular formula is C7H15N2+. The third-order valence-electron chi connectivity index (χ3n) is 2.20. The van der Waals surface area contributed by atoms with Crippen molar-refractivity contribution in [1.29, 1.82) is 0 Å². The van der Waals surface area contributed by atoms with Gasteiger partial charge in [0, 0.05) is 0 Å². The van der Waals surface area contributed by atoms with Crippen LogP contribution in [0.1, 0.15) is 32.6 Å². The second-order valence-corrected chi connectivity index (χ2v) is 3.06. The minimum Gasteiger partial charge on any atom is -0.157 e. The van der Waals surface area contributed by atoms with E-state index in [0.717, 1.165) is 5.92 Å². The maximum atomic E-state index is 5.17. The zero-order valence-corrected chi connectivity index (χ0v) is 6.01. The van der Waals surface area contributed by atoms with Crippen molar-refractivity contribution in [2.75, 3.05) is 0 Å². The Balaban J connectivity index is 2.26. The number of hydrogen-bond donors (Lipinski definition) is 1. The van der Waals surface area contributed by atoms with Crippen LogP contribution in [-0.2, 0) is 0 Å². The SMILES string of the molecule is CC1CCC(N=[NH2+])CC1. The van der Waals surface area contributed by atoms with E-state index in [2.05, 4.69) is 12.0 Å². The molecule has 1 fully saturated rings. The standard InChI is InChI=1S/C7H14N2/c1-6-2-4-7(9-8)5-3-6/h6-8H,2-5H2,1H3/p+1.